The van der Waals surface area contributed by atoms with Crippen molar-refractivity contribution in [2.45, 2.75) is 6.92 Å². The minimum Gasteiger partial charge on any atom is -0.354 e. The van der Waals surface area contributed by atoms with Crippen molar-refractivity contribution in [3.8, 4) is 33.2 Å². The number of pyridine rings is 1. The van der Waals surface area contributed by atoms with Gasteiger partial charge in [0.2, 0.25) is 0 Å². The highest BCUT2D eigenvalue weighted by molar-refractivity contribution is 7.15. The Bertz CT molecular complexity index is 1340. The molecule has 6 heteroatoms. The molecular weight excluding hydrogens is 405 g/mol. The number of thiazole rings is 1. The van der Waals surface area contributed by atoms with Gasteiger partial charge in [-0.05, 0) is 55.5 Å². The average molecular weight is 420 g/mol. The zero-order valence-electron chi connectivity index (χ0n) is 15.4. The van der Waals surface area contributed by atoms with Gasteiger partial charge in [-0.1, -0.05) is 23.7 Å². The van der Waals surface area contributed by atoms with E-state index in [-0.39, 0.29) is 5.82 Å². The van der Waals surface area contributed by atoms with Crippen LogP contribution in [0.2, 0.25) is 5.02 Å². The van der Waals surface area contributed by atoms with Crippen molar-refractivity contribution in [1.29, 1.82) is 0 Å². The molecule has 29 heavy (non-hydrogen) atoms. The van der Waals surface area contributed by atoms with Crippen molar-refractivity contribution < 1.29 is 4.39 Å². The first-order valence-electron chi connectivity index (χ1n) is 9.06. The fourth-order valence-corrected chi connectivity index (χ4v) is 4.52. The number of halogens is 2. The van der Waals surface area contributed by atoms with Gasteiger partial charge < -0.3 is 4.98 Å². The average Bonchev–Trinajstić information content (AvgIpc) is 3.33. The zero-order chi connectivity index (χ0) is 20.0. The molecule has 3 heterocycles. The second-order valence-electron chi connectivity index (χ2n) is 6.75. The number of hydrogen-bond acceptors (Lipinski definition) is 3. The Morgan fingerprint density at radius 1 is 1.03 bits per heavy atom. The Hall–Kier alpha value is -3.02. The normalized spacial score (nSPS) is 11.3. The lowest BCUT2D eigenvalue weighted by molar-refractivity contribution is 0.628. The largest absolute Gasteiger partial charge is 0.354 e. The molecule has 5 rings (SSSR count). The van der Waals surface area contributed by atoms with E-state index in [0.717, 1.165) is 43.4 Å². The van der Waals surface area contributed by atoms with Crippen molar-refractivity contribution in [3.63, 3.8) is 0 Å². The van der Waals surface area contributed by atoms with Gasteiger partial charge in [0.15, 0.2) is 0 Å². The van der Waals surface area contributed by atoms with Gasteiger partial charge >= 0.3 is 0 Å². The molecule has 0 unspecified atom stereocenters. The lowest BCUT2D eigenvalue weighted by Gasteiger charge is -2.01. The van der Waals surface area contributed by atoms with Crippen molar-refractivity contribution in [1.82, 2.24) is 15.0 Å². The topological polar surface area (TPSA) is 41.6 Å². The number of aryl methyl sites for hydroxylation is 1. The summed E-state index contributed by atoms with van der Waals surface area (Å²) in [5.41, 5.74) is 5.24. The number of nitrogens with zero attached hydrogens (tertiary/aromatic N) is 2. The van der Waals surface area contributed by atoms with E-state index < -0.39 is 0 Å². The molecule has 0 amide bonds. The highest BCUT2D eigenvalue weighted by atomic mass is 35.5. The Morgan fingerprint density at radius 2 is 1.93 bits per heavy atom. The lowest BCUT2D eigenvalue weighted by Crippen LogP contribution is -1.83. The second kappa shape index (κ2) is 7.10. The van der Waals surface area contributed by atoms with E-state index >= 15 is 0 Å². The number of benzene rings is 2. The molecule has 0 fully saturated rings. The number of nitrogens with one attached hydrogen (secondary N) is 1. The minimum atomic E-state index is -0.316. The molecule has 0 aliphatic carbocycles. The lowest BCUT2D eigenvalue weighted by atomic mass is 10.1. The van der Waals surface area contributed by atoms with Crippen LogP contribution in [0.15, 0.2) is 66.9 Å². The first kappa shape index (κ1) is 18.0. The van der Waals surface area contributed by atoms with Gasteiger partial charge in [0.25, 0.3) is 0 Å². The number of H-pyrrole nitrogens is 1. The fraction of sp³-hybridized carbons (Fsp3) is 0.0435. The number of fused-ring (bicyclic) bond motifs is 1. The van der Waals surface area contributed by atoms with Gasteiger partial charge in [-0.3, -0.25) is 4.98 Å². The minimum absolute atomic E-state index is 0.316. The van der Waals surface area contributed by atoms with Gasteiger partial charge in [0.1, 0.15) is 10.8 Å². The van der Waals surface area contributed by atoms with Crippen LogP contribution in [-0.4, -0.2) is 15.0 Å². The van der Waals surface area contributed by atoms with Crippen molar-refractivity contribution >= 4 is 33.8 Å². The van der Waals surface area contributed by atoms with Crippen LogP contribution in [0.1, 0.15) is 4.88 Å². The summed E-state index contributed by atoms with van der Waals surface area (Å²) >= 11 is 7.90. The first-order valence-corrected chi connectivity index (χ1v) is 10.3. The summed E-state index contributed by atoms with van der Waals surface area (Å²) in [5.74, 6) is -0.316. The van der Waals surface area contributed by atoms with Crippen LogP contribution in [0.25, 0.3) is 44.1 Å². The quantitative estimate of drug-likeness (QED) is 0.338. The summed E-state index contributed by atoms with van der Waals surface area (Å²) in [4.78, 5) is 13.7. The standard InChI is InChI=1S/C23H15ClFN3S/c1-13-22(28-23(29-13)20-4-2-3-9-26-20)14-5-8-19-15(10-14)11-21(27-19)17-12-16(25)6-7-18(17)24/h2-12,27H,1H3. The molecule has 0 aliphatic rings. The van der Waals surface area contributed by atoms with Gasteiger partial charge in [0, 0.05) is 38.8 Å². The van der Waals surface area contributed by atoms with E-state index in [1.54, 1.807) is 23.6 Å². The summed E-state index contributed by atoms with van der Waals surface area (Å²) in [6.07, 6.45) is 1.77. The third-order valence-corrected chi connectivity index (χ3v) is 6.12. The molecule has 2 aromatic carbocycles. The maximum Gasteiger partial charge on any atom is 0.142 e. The highest BCUT2D eigenvalue weighted by Gasteiger charge is 2.14. The molecule has 0 aliphatic heterocycles. The molecule has 0 radical (unpaired) electrons. The fourth-order valence-electron chi connectivity index (χ4n) is 3.39. The maximum absolute atomic E-state index is 13.7. The predicted octanol–water partition coefficient (Wildman–Crippen LogP) is 7.12. The summed E-state index contributed by atoms with van der Waals surface area (Å²) in [7, 11) is 0. The number of aromatic nitrogens is 3. The van der Waals surface area contributed by atoms with E-state index in [0.29, 0.717) is 10.6 Å². The molecule has 5 aromatic rings. The van der Waals surface area contributed by atoms with Crippen LogP contribution in [0, 0.1) is 12.7 Å². The molecule has 0 atom stereocenters. The molecule has 3 aromatic heterocycles. The summed E-state index contributed by atoms with van der Waals surface area (Å²) < 4.78 is 13.7. The van der Waals surface area contributed by atoms with E-state index in [2.05, 4.69) is 23.0 Å². The van der Waals surface area contributed by atoms with E-state index in [1.165, 1.54) is 12.1 Å². The molecule has 0 saturated heterocycles. The third-order valence-electron chi connectivity index (χ3n) is 4.79. The number of rotatable bonds is 3. The van der Waals surface area contributed by atoms with E-state index in [1.807, 2.05) is 36.4 Å². The van der Waals surface area contributed by atoms with E-state index in [4.69, 9.17) is 16.6 Å². The Labute approximate surface area is 175 Å². The molecule has 1 N–H and O–H groups in total. The SMILES string of the molecule is Cc1sc(-c2ccccn2)nc1-c1ccc2[nH]c(-c3cc(F)ccc3Cl)cc2c1. The molecule has 0 spiro atoms. The van der Waals surface area contributed by atoms with Crippen LogP contribution in [0.3, 0.4) is 0 Å². The molecule has 3 nitrogen and oxygen atoms in total. The van der Waals surface area contributed by atoms with Gasteiger partial charge in [-0.25, -0.2) is 9.37 Å². The van der Waals surface area contributed by atoms with Gasteiger partial charge in [0.05, 0.1) is 16.4 Å². The Morgan fingerprint density at radius 3 is 2.76 bits per heavy atom. The van der Waals surface area contributed by atoms with Crippen molar-refractivity contribution in [2.75, 3.05) is 0 Å². The molecular formula is C23H15ClFN3S. The van der Waals surface area contributed by atoms with Crippen molar-refractivity contribution in [2.24, 2.45) is 0 Å². The first-order chi connectivity index (χ1) is 14.1. The third kappa shape index (κ3) is 3.33. The Balaban J connectivity index is 1.57. The van der Waals surface area contributed by atoms with Crippen LogP contribution in [0.4, 0.5) is 4.39 Å². The van der Waals surface area contributed by atoms with Crippen LogP contribution >= 0.6 is 22.9 Å². The maximum atomic E-state index is 13.7. The zero-order valence-corrected chi connectivity index (χ0v) is 17.0. The summed E-state index contributed by atoms with van der Waals surface area (Å²) in [6.45, 7) is 2.07. The monoisotopic (exact) mass is 419 g/mol. The van der Waals surface area contributed by atoms with E-state index in [9.17, 15) is 4.39 Å². The smallest absolute Gasteiger partial charge is 0.142 e. The number of aromatic amines is 1. The van der Waals surface area contributed by atoms with Crippen LogP contribution < -0.4 is 0 Å². The molecule has 142 valence electrons. The van der Waals surface area contributed by atoms with Crippen molar-refractivity contribution in [3.05, 3.63) is 82.6 Å². The highest BCUT2D eigenvalue weighted by Crippen LogP contribution is 2.35. The number of hydrogen-bond donors (Lipinski definition) is 1. The molecule has 0 bridgehead atoms. The second-order valence-corrected chi connectivity index (χ2v) is 8.36. The predicted molar refractivity (Wildman–Crippen MR) is 118 cm³/mol. The molecule has 0 saturated carbocycles. The van der Waals surface area contributed by atoms with Gasteiger partial charge in [-0.15, -0.1) is 11.3 Å². The summed E-state index contributed by atoms with van der Waals surface area (Å²) in [5, 5.41) is 2.43. The van der Waals surface area contributed by atoms with Crippen LogP contribution in [-0.2, 0) is 0 Å². The summed E-state index contributed by atoms with van der Waals surface area (Å²) in [6, 6.07) is 18.3. The Kier molecular flexibility index (Phi) is 4.42. The van der Waals surface area contributed by atoms with Crippen LogP contribution in [0.5, 0.6) is 0 Å². The van der Waals surface area contributed by atoms with Gasteiger partial charge in [-0.2, -0.15) is 0 Å².